The first-order chi connectivity index (χ1) is 6.11. The van der Waals surface area contributed by atoms with E-state index in [-0.39, 0.29) is 5.91 Å². The Balaban J connectivity index is 2.78. The average Bonchev–Trinajstić information content (AvgIpc) is 2.55. The first-order valence-corrected chi connectivity index (χ1v) is 4.92. The molecule has 0 unspecified atom stereocenters. The predicted molar refractivity (Wildman–Crippen MR) is 56.7 cm³/mol. The first kappa shape index (κ1) is 9.99. The Hall–Kier alpha value is -1.09. The maximum absolute atomic E-state index is 11.4. The molecular weight excluding hydrogens is 182 g/mol. The van der Waals surface area contributed by atoms with Crippen molar-refractivity contribution >= 4 is 23.3 Å². The van der Waals surface area contributed by atoms with Gasteiger partial charge >= 0.3 is 0 Å². The number of rotatable bonds is 2. The van der Waals surface area contributed by atoms with Crippen molar-refractivity contribution in [2.24, 2.45) is 0 Å². The molecule has 3 heteroatoms. The summed E-state index contributed by atoms with van der Waals surface area (Å²) in [7, 11) is 3.52. The summed E-state index contributed by atoms with van der Waals surface area (Å²) in [5.74, 6) is 0.0633. The van der Waals surface area contributed by atoms with Crippen molar-refractivity contribution in [3.63, 3.8) is 0 Å². The fourth-order valence-corrected chi connectivity index (χ4v) is 1.72. The van der Waals surface area contributed by atoms with Crippen molar-refractivity contribution in [2.75, 3.05) is 14.1 Å². The van der Waals surface area contributed by atoms with Crippen LogP contribution in [0.25, 0.3) is 6.08 Å². The van der Waals surface area contributed by atoms with Crippen LogP contribution in [-0.4, -0.2) is 24.9 Å². The molecule has 0 N–H and O–H groups in total. The number of carbonyl (C=O) groups is 1. The Morgan fingerprint density at radius 3 is 2.69 bits per heavy atom. The van der Waals surface area contributed by atoms with Crippen LogP contribution >= 0.6 is 11.3 Å². The lowest BCUT2D eigenvalue weighted by Crippen LogP contribution is -2.22. The standard InChI is InChI=1S/C10H13NOS/c1-8(10(12)11(2)3)7-9-5-4-6-13-9/h4-7H,1-3H3/b8-7+. The van der Waals surface area contributed by atoms with E-state index >= 15 is 0 Å². The molecule has 0 radical (unpaired) electrons. The van der Waals surface area contributed by atoms with Gasteiger partial charge in [0.15, 0.2) is 0 Å². The summed E-state index contributed by atoms with van der Waals surface area (Å²) in [4.78, 5) is 14.1. The molecule has 0 fully saturated rings. The minimum Gasteiger partial charge on any atom is -0.345 e. The van der Waals surface area contributed by atoms with Gasteiger partial charge in [0, 0.05) is 24.5 Å². The van der Waals surface area contributed by atoms with Crippen LogP contribution in [0, 0.1) is 0 Å². The average molecular weight is 195 g/mol. The monoisotopic (exact) mass is 195 g/mol. The van der Waals surface area contributed by atoms with Crippen molar-refractivity contribution in [1.82, 2.24) is 4.90 Å². The zero-order chi connectivity index (χ0) is 9.84. The third-order valence-corrected chi connectivity index (χ3v) is 2.46. The van der Waals surface area contributed by atoms with Crippen molar-refractivity contribution in [1.29, 1.82) is 0 Å². The molecule has 0 spiro atoms. The number of hydrogen-bond donors (Lipinski definition) is 0. The Bertz CT molecular complexity index is 312. The Kier molecular flexibility index (Phi) is 3.25. The second-order valence-corrected chi connectivity index (χ2v) is 4.02. The van der Waals surface area contributed by atoms with E-state index in [0.717, 1.165) is 10.5 Å². The van der Waals surface area contributed by atoms with E-state index in [2.05, 4.69) is 0 Å². The zero-order valence-electron chi connectivity index (χ0n) is 8.07. The molecule has 70 valence electrons. The summed E-state index contributed by atoms with van der Waals surface area (Å²) in [6.07, 6.45) is 1.91. The molecule has 2 nitrogen and oxygen atoms in total. The highest BCUT2D eigenvalue weighted by molar-refractivity contribution is 7.10. The smallest absolute Gasteiger partial charge is 0.249 e. The van der Waals surface area contributed by atoms with E-state index in [1.54, 1.807) is 30.3 Å². The van der Waals surface area contributed by atoms with E-state index in [0.29, 0.717) is 0 Å². The van der Waals surface area contributed by atoms with Gasteiger partial charge in [-0.25, -0.2) is 0 Å². The third kappa shape index (κ3) is 2.70. The molecule has 0 aliphatic heterocycles. The van der Waals surface area contributed by atoms with Crippen LogP contribution in [0.3, 0.4) is 0 Å². The number of likely N-dealkylation sites (N-methyl/N-ethyl adjacent to an activating group) is 1. The van der Waals surface area contributed by atoms with Crippen molar-refractivity contribution in [2.45, 2.75) is 6.92 Å². The Morgan fingerprint density at radius 1 is 1.54 bits per heavy atom. The molecule has 13 heavy (non-hydrogen) atoms. The first-order valence-electron chi connectivity index (χ1n) is 4.04. The molecule has 0 saturated heterocycles. The molecule has 0 atom stereocenters. The van der Waals surface area contributed by atoms with Gasteiger partial charge in [0.1, 0.15) is 0 Å². The largest absolute Gasteiger partial charge is 0.345 e. The molecule has 1 aromatic heterocycles. The molecule has 0 bridgehead atoms. The molecule has 0 aliphatic rings. The predicted octanol–water partition coefficient (Wildman–Crippen LogP) is 2.24. The van der Waals surface area contributed by atoms with Gasteiger partial charge in [0.25, 0.3) is 0 Å². The summed E-state index contributed by atoms with van der Waals surface area (Å²) >= 11 is 1.63. The maximum atomic E-state index is 11.4. The van der Waals surface area contributed by atoms with Crippen LogP contribution in [0.15, 0.2) is 23.1 Å². The van der Waals surface area contributed by atoms with Gasteiger partial charge in [0.2, 0.25) is 5.91 Å². The number of nitrogens with zero attached hydrogens (tertiary/aromatic N) is 1. The van der Waals surface area contributed by atoms with Gasteiger partial charge in [-0.3, -0.25) is 4.79 Å². The second kappa shape index (κ2) is 4.23. The molecule has 0 aliphatic carbocycles. The number of hydrogen-bond acceptors (Lipinski definition) is 2. The topological polar surface area (TPSA) is 20.3 Å². The molecule has 1 rings (SSSR count). The van der Waals surface area contributed by atoms with Gasteiger partial charge in [-0.15, -0.1) is 11.3 Å². The summed E-state index contributed by atoms with van der Waals surface area (Å²) in [5.41, 5.74) is 0.771. The lowest BCUT2D eigenvalue weighted by Gasteiger charge is -2.09. The van der Waals surface area contributed by atoms with Crippen molar-refractivity contribution in [3.05, 3.63) is 28.0 Å². The van der Waals surface area contributed by atoms with Crippen LogP contribution < -0.4 is 0 Å². The lowest BCUT2D eigenvalue weighted by molar-refractivity contribution is -0.124. The van der Waals surface area contributed by atoms with Gasteiger partial charge in [-0.1, -0.05) is 6.07 Å². The SMILES string of the molecule is C/C(=C\c1cccs1)C(=O)N(C)C. The highest BCUT2D eigenvalue weighted by atomic mass is 32.1. The van der Waals surface area contributed by atoms with E-state index < -0.39 is 0 Å². The van der Waals surface area contributed by atoms with Crippen molar-refractivity contribution < 1.29 is 4.79 Å². The van der Waals surface area contributed by atoms with E-state index in [1.165, 1.54) is 0 Å². The van der Waals surface area contributed by atoms with Crippen LogP contribution in [0.2, 0.25) is 0 Å². The van der Waals surface area contributed by atoms with Crippen molar-refractivity contribution in [3.8, 4) is 0 Å². The Morgan fingerprint density at radius 2 is 2.23 bits per heavy atom. The van der Waals surface area contributed by atoms with Crippen LogP contribution in [-0.2, 0) is 4.79 Å². The molecule has 1 aromatic rings. The van der Waals surface area contributed by atoms with E-state index in [4.69, 9.17) is 0 Å². The second-order valence-electron chi connectivity index (χ2n) is 3.04. The highest BCUT2D eigenvalue weighted by Gasteiger charge is 2.05. The molecular formula is C10H13NOS. The minimum absolute atomic E-state index is 0.0633. The number of carbonyl (C=O) groups excluding carboxylic acids is 1. The van der Waals surface area contributed by atoms with Gasteiger partial charge < -0.3 is 4.90 Å². The summed E-state index contributed by atoms with van der Waals surface area (Å²) in [6, 6.07) is 3.97. The van der Waals surface area contributed by atoms with Gasteiger partial charge in [-0.2, -0.15) is 0 Å². The molecule has 1 amide bonds. The number of thiophene rings is 1. The fourth-order valence-electron chi connectivity index (χ4n) is 1.00. The molecule has 0 aromatic carbocycles. The highest BCUT2D eigenvalue weighted by Crippen LogP contribution is 2.13. The third-order valence-electron chi connectivity index (χ3n) is 1.65. The summed E-state index contributed by atoms with van der Waals surface area (Å²) < 4.78 is 0. The lowest BCUT2D eigenvalue weighted by atomic mass is 10.2. The zero-order valence-corrected chi connectivity index (χ0v) is 8.89. The minimum atomic E-state index is 0.0633. The fraction of sp³-hybridized carbons (Fsp3) is 0.300. The van der Waals surface area contributed by atoms with Crippen LogP contribution in [0.1, 0.15) is 11.8 Å². The van der Waals surface area contributed by atoms with E-state index in [9.17, 15) is 4.79 Å². The normalized spacial score (nSPS) is 11.5. The van der Waals surface area contributed by atoms with Gasteiger partial charge in [-0.05, 0) is 24.4 Å². The maximum Gasteiger partial charge on any atom is 0.249 e. The van der Waals surface area contributed by atoms with Crippen LogP contribution in [0.5, 0.6) is 0 Å². The summed E-state index contributed by atoms with van der Waals surface area (Å²) in [6.45, 7) is 1.84. The molecule has 1 heterocycles. The summed E-state index contributed by atoms with van der Waals surface area (Å²) in [5, 5.41) is 2.00. The van der Waals surface area contributed by atoms with E-state index in [1.807, 2.05) is 30.5 Å². The number of amides is 1. The Labute approximate surface area is 82.5 Å². The van der Waals surface area contributed by atoms with Gasteiger partial charge in [0.05, 0.1) is 0 Å². The molecule has 0 saturated carbocycles. The van der Waals surface area contributed by atoms with Crippen LogP contribution in [0.4, 0.5) is 0 Å². The quantitative estimate of drug-likeness (QED) is 0.663.